The van der Waals surface area contributed by atoms with Crippen LogP contribution in [0.5, 0.6) is 0 Å². The molecule has 0 atom stereocenters. The van der Waals surface area contributed by atoms with Crippen molar-refractivity contribution in [3.8, 4) is 0 Å². The number of primary amides is 1. The number of methoxy groups -OCH3 is 1. The molecule has 0 radical (unpaired) electrons. The van der Waals surface area contributed by atoms with Gasteiger partial charge in [-0.05, 0) is 6.07 Å². The van der Waals surface area contributed by atoms with E-state index in [9.17, 15) is 14.9 Å². The van der Waals surface area contributed by atoms with Gasteiger partial charge in [-0.1, -0.05) is 6.07 Å². The fourth-order valence-electron chi connectivity index (χ4n) is 2.65. The number of hydrogen-bond acceptors (Lipinski definition) is 6. The highest BCUT2D eigenvalue weighted by atomic mass is 16.6. The van der Waals surface area contributed by atoms with Gasteiger partial charge in [-0.2, -0.15) is 0 Å². The van der Waals surface area contributed by atoms with Crippen LogP contribution in [-0.4, -0.2) is 67.1 Å². The van der Waals surface area contributed by atoms with Gasteiger partial charge in [0.2, 0.25) is 5.91 Å². The van der Waals surface area contributed by atoms with E-state index in [4.69, 9.17) is 10.5 Å². The second kappa shape index (κ2) is 8.00. The topological polar surface area (TPSA) is 102 Å². The second-order valence-electron chi connectivity index (χ2n) is 5.58. The standard InChI is InChI=1S/C15H22N4O4/c1-23-9-8-17-4-6-18(7-5-17)11-13-3-2-12(15(16)20)10-14(13)19(21)22/h2-3,10H,4-9,11H2,1H3,(H2,16,20). The summed E-state index contributed by atoms with van der Waals surface area (Å²) in [7, 11) is 1.69. The van der Waals surface area contributed by atoms with Gasteiger partial charge in [-0.15, -0.1) is 0 Å². The summed E-state index contributed by atoms with van der Waals surface area (Å²) >= 11 is 0. The molecule has 0 unspecified atom stereocenters. The van der Waals surface area contributed by atoms with Crippen LogP contribution in [0.2, 0.25) is 0 Å². The van der Waals surface area contributed by atoms with E-state index in [1.807, 2.05) is 0 Å². The zero-order chi connectivity index (χ0) is 16.8. The number of piperazine rings is 1. The normalized spacial score (nSPS) is 16.4. The average molecular weight is 322 g/mol. The lowest BCUT2D eigenvalue weighted by Gasteiger charge is -2.34. The van der Waals surface area contributed by atoms with Gasteiger partial charge in [0.25, 0.3) is 5.69 Å². The first-order valence-electron chi connectivity index (χ1n) is 7.52. The Morgan fingerprint density at radius 2 is 1.96 bits per heavy atom. The zero-order valence-electron chi connectivity index (χ0n) is 13.2. The third-order valence-electron chi connectivity index (χ3n) is 4.04. The van der Waals surface area contributed by atoms with E-state index in [0.29, 0.717) is 18.7 Å². The Morgan fingerprint density at radius 1 is 1.30 bits per heavy atom. The molecule has 1 aromatic carbocycles. The van der Waals surface area contributed by atoms with Gasteiger partial charge < -0.3 is 10.5 Å². The van der Waals surface area contributed by atoms with Crippen molar-refractivity contribution >= 4 is 11.6 Å². The van der Waals surface area contributed by atoms with E-state index < -0.39 is 10.8 Å². The van der Waals surface area contributed by atoms with Crippen LogP contribution < -0.4 is 5.73 Å². The van der Waals surface area contributed by atoms with Crippen LogP contribution in [0.4, 0.5) is 5.69 Å². The molecule has 0 saturated carbocycles. The molecule has 2 rings (SSSR count). The van der Waals surface area contributed by atoms with Crippen LogP contribution in [0, 0.1) is 10.1 Å². The highest BCUT2D eigenvalue weighted by molar-refractivity contribution is 5.93. The predicted octanol–water partition coefficient (Wildman–Crippen LogP) is 0.458. The summed E-state index contributed by atoms with van der Waals surface area (Å²) in [4.78, 5) is 26.4. The van der Waals surface area contributed by atoms with E-state index in [2.05, 4.69) is 9.80 Å². The Bertz CT molecular complexity index is 571. The average Bonchev–Trinajstić information content (AvgIpc) is 2.54. The third kappa shape index (κ3) is 4.72. The molecule has 126 valence electrons. The molecule has 1 aliphatic heterocycles. The number of hydrogen-bond donors (Lipinski definition) is 1. The minimum atomic E-state index is -0.661. The minimum Gasteiger partial charge on any atom is -0.383 e. The van der Waals surface area contributed by atoms with Crippen LogP contribution in [0.3, 0.4) is 0 Å². The summed E-state index contributed by atoms with van der Waals surface area (Å²) in [6.45, 7) is 5.62. The van der Waals surface area contributed by atoms with Gasteiger partial charge in [0.1, 0.15) is 0 Å². The van der Waals surface area contributed by atoms with Crippen molar-refractivity contribution < 1.29 is 14.5 Å². The van der Waals surface area contributed by atoms with Crippen molar-refractivity contribution in [3.63, 3.8) is 0 Å². The first kappa shape index (κ1) is 17.3. The smallest absolute Gasteiger partial charge is 0.274 e. The Hall–Kier alpha value is -2.03. The fraction of sp³-hybridized carbons (Fsp3) is 0.533. The lowest BCUT2D eigenvalue weighted by atomic mass is 10.1. The monoisotopic (exact) mass is 322 g/mol. The molecule has 8 nitrogen and oxygen atoms in total. The maximum absolute atomic E-state index is 11.2. The molecule has 1 aromatic rings. The Labute approximate surface area is 134 Å². The molecule has 0 bridgehead atoms. The van der Waals surface area contributed by atoms with Gasteiger partial charge in [-0.25, -0.2) is 0 Å². The van der Waals surface area contributed by atoms with Crippen LogP contribution in [-0.2, 0) is 11.3 Å². The number of nitro groups is 1. The molecule has 0 aromatic heterocycles. The Kier molecular flexibility index (Phi) is 6.03. The quantitative estimate of drug-likeness (QED) is 0.578. The Morgan fingerprint density at radius 3 is 2.52 bits per heavy atom. The molecule has 1 aliphatic rings. The lowest BCUT2D eigenvalue weighted by molar-refractivity contribution is -0.385. The number of ether oxygens (including phenoxy) is 1. The van der Waals surface area contributed by atoms with Gasteiger partial charge in [0.05, 0.1) is 11.5 Å². The number of carbonyl (C=O) groups is 1. The number of rotatable bonds is 7. The van der Waals surface area contributed by atoms with E-state index in [-0.39, 0.29) is 11.3 Å². The summed E-state index contributed by atoms with van der Waals surface area (Å²) in [5.74, 6) is -0.661. The molecular weight excluding hydrogens is 300 g/mol. The summed E-state index contributed by atoms with van der Waals surface area (Å²) < 4.78 is 5.07. The maximum Gasteiger partial charge on any atom is 0.274 e. The largest absolute Gasteiger partial charge is 0.383 e. The number of nitrogens with zero attached hydrogens (tertiary/aromatic N) is 3. The van der Waals surface area contributed by atoms with Crippen LogP contribution in [0.1, 0.15) is 15.9 Å². The molecule has 2 N–H and O–H groups in total. The van der Waals surface area contributed by atoms with Crippen molar-refractivity contribution in [2.24, 2.45) is 5.73 Å². The molecular formula is C15H22N4O4. The number of nitro benzene ring substituents is 1. The van der Waals surface area contributed by atoms with E-state index in [1.165, 1.54) is 6.07 Å². The summed E-state index contributed by atoms with van der Waals surface area (Å²) in [6, 6.07) is 4.42. The molecule has 8 heteroatoms. The van der Waals surface area contributed by atoms with Crippen molar-refractivity contribution in [1.82, 2.24) is 9.80 Å². The van der Waals surface area contributed by atoms with Crippen LogP contribution in [0.25, 0.3) is 0 Å². The summed E-state index contributed by atoms with van der Waals surface area (Å²) in [6.07, 6.45) is 0. The molecule has 1 fully saturated rings. The fourth-order valence-corrected chi connectivity index (χ4v) is 2.65. The molecule has 0 aliphatic carbocycles. The summed E-state index contributed by atoms with van der Waals surface area (Å²) in [5.41, 5.74) is 5.89. The highest BCUT2D eigenvalue weighted by Gasteiger charge is 2.21. The van der Waals surface area contributed by atoms with E-state index in [0.717, 1.165) is 32.7 Å². The highest BCUT2D eigenvalue weighted by Crippen LogP contribution is 2.22. The second-order valence-corrected chi connectivity index (χ2v) is 5.58. The third-order valence-corrected chi connectivity index (χ3v) is 4.04. The van der Waals surface area contributed by atoms with Crippen LogP contribution >= 0.6 is 0 Å². The summed E-state index contributed by atoms with van der Waals surface area (Å²) in [5, 5.41) is 11.2. The lowest BCUT2D eigenvalue weighted by Crippen LogP contribution is -2.46. The predicted molar refractivity (Wildman–Crippen MR) is 85.2 cm³/mol. The van der Waals surface area contributed by atoms with E-state index >= 15 is 0 Å². The van der Waals surface area contributed by atoms with Crippen LogP contribution in [0.15, 0.2) is 18.2 Å². The first-order valence-corrected chi connectivity index (χ1v) is 7.52. The number of nitrogens with two attached hydrogens (primary N) is 1. The molecule has 1 heterocycles. The van der Waals surface area contributed by atoms with Crippen molar-refractivity contribution in [2.75, 3.05) is 46.4 Å². The number of amides is 1. The van der Waals surface area contributed by atoms with Gasteiger partial charge in [-0.3, -0.25) is 24.7 Å². The molecule has 23 heavy (non-hydrogen) atoms. The molecule has 1 saturated heterocycles. The molecule has 1 amide bonds. The van der Waals surface area contributed by atoms with E-state index in [1.54, 1.807) is 19.2 Å². The van der Waals surface area contributed by atoms with Crippen molar-refractivity contribution in [3.05, 3.63) is 39.4 Å². The SMILES string of the molecule is COCCN1CCN(Cc2ccc(C(N)=O)cc2[N+](=O)[O-])CC1. The van der Waals surface area contributed by atoms with Gasteiger partial charge >= 0.3 is 0 Å². The number of benzene rings is 1. The van der Waals surface area contributed by atoms with Gasteiger partial charge in [0, 0.05) is 63.6 Å². The van der Waals surface area contributed by atoms with Gasteiger partial charge in [0.15, 0.2) is 0 Å². The number of carbonyl (C=O) groups excluding carboxylic acids is 1. The maximum atomic E-state index is 11.2. The van der Waals surface area contributed by atoms with Crippen molar-refractivity contribution in [2.45, 2.75) is 6.54 Å². The zero-order valence-corrected chi connectivity index (χ0v) is 13.2. The Balaban J connectivity index is 2.00. The minimum absolute atomic E-state index is 0.0527. The van der Waals surface area contributed by atoms with Crippen molar-refractivity contribution in [1.29, 1.82) is 0 Å². The molecule has 0 spiro atoms. The first-order chi connectivity index (χ1) is 11.0.